The fourth-order valence-corrected chi connectivity index (χ4v) is 2.36. The van der Waals surface area contributed by atoms with Crippen LogP contribution in [0.25, 0.3) is 11.0 Å². The van der Waals surface area contributed by atoms with Crippen molar-refractivity contribution in [2.45, 2.75) is 25.8 Å². The number of imidazole rings is 1. The predicted octanol–water partition coefficient (Wildman–Crippen LogP) is 1.75. The SMILES string of the molecule is CNCCCC(=O)NC(C)c1nc2ccccc2n1C. The van der Waals surface area contributed by atoms with E-state index in [2.05, 4.69) is 15.6 Å². The number of hydrogen-bond acceptors (Lipinski definition) is 3. The van der Waals surface area contributed by atoms with E-state index in [-0.39, 0.29) is 11.9 Å². The topological polar surface area (TPSA) is 59.0 Å². The summed E-state index contributed by atoms with van der Waals surface area (Å²) in [5, 5.41) is 6.05. The number of carbonyl (C=O) groups is 1. The van der Waals surface area contributed by atoms with Crippen molar-refractivity contribution in [2.24, 2.45) is 7.05 Å². The molecular weight excluding hydrogens is 252 g/mol. The smallest absolute Gasteiger partial charge is 0.220 e. The third-order valence-corrected chi connectivity index (χ3v) is 3.42. The molecule has 1 unspecified atom stereocenters. The monoisotopic (exact) mass is 274 g/mol. The van der Waals surface area contributed by atoms with Crippen LogP contribution in [0.15, 0.2) is 24.3 Å². The first kappa shape index (κ1) is 14.5. The van der Waals surface area contributed by atoms with Crippen LogP contribution in [0.3, 0.4) is 0 Å². The van der Waals surface area contributed by atoms with E-state index in [9.17, 15) is 4.79 Å². The lowest BCUT2D eigenvalue weighted by molar-refractivity contribution is -0.121. The number of amides is 1. The first-order chi connectivity index (χ1) is 9.63. The van der Waals surface area contributed by atoms with E-state index in [1.54, 1.807) is 0 Å². The molecule has 5 heteroatoms. The molecule has 0 spiro atoms. The second kappa shape index (κ2) is 6.52. The van der Waals surface area contributed by atoms with Gasteiger partial charge in [-0.15, -0.1) is 0 Å². The van der Waals surface area contributed by atoms with Crippen molar-refractivity contribution in [2.75, 3.05) is 13.6 Å². The molecule has 20 heavy (non-hydrogen) atoms. The molecule has 1 aromatic carbocycles. The number of aryl methyl sites for hydroxylation is 1. The van der Waals surface area contributed by atoms with Gasteiger partial charge in [0.05, 0.1) is 17.1 Å². The van der Waals surface area contributed by atoms with E-state index in [1.807, 2.05) is 49.9 Å². The van der Waals surface area contributed by atoms with Gasteiger partial charge in [-0.25, -0.2) is 4.98 Å². The van der Waals surface area contributed by atoms with Crippen LogP contribution in [-0.4, -0.2) is 29.1 Å². The van der Waals surface area contributed by atoms with Crippen molar-refractivity contribution in [1.82, 2.24) is 20.2 Å². The highest BCUT2D eigenvalue weighted by molar-refractivity contribution is 5.78. The zero-order valence-electron chi connectivity index (χ0n) is 12.3. The van der Waals surface area contributed by atoms with Gasteiger partial charge in [-0.1, -0.05) is 12.1 Å². The lowest BCUT2D eigenvalue weighted by atomic mass is 10.2. The minimum atomic E-state index is -0.0884. The number of nitrogens with zero attached hydrogens (tertiary/aromatic N) is 2. The largest absolute Gasteiger partial charge is 0.346 e. The van der Waals surface area contributed by atoms with E-state index >= 15 is 0 Å². The second-order valence-electron chi connectivity index (χ2n) is 5.01. The zero-order valence-corrected chi connectivity index (χ0v) is 12.3. The summed E-state index contributed by atoms with van der Waals surface area (Å²) in [7, 11) is 3.87. The van der Waals surface area contributed by atoms with Gasteiger partial charge < -0.3 is 15.2 Å². The Morgan fingerprint density at radius 3 is 2.85 bits per heavy atom. The highest BCUT2D eigenvalue weighted by Gasteiger charge is 2.15. The molecular formula is C15H22N4O. The van der Waals surface area contributed by atoms with Gasteiger partial charge in [-0.3, -0.25) is 4.79 Å². The molecule has 0 fully saturated rings. The first-order valence-electron chi connectivity index (χ1n) is 6.98. The Bertz CT molecular complexity index is 591. The third-order valence-electron chi connectivity index (χ3n) is 3.42. The van der Waals surface area contributed by atoms with Gasteiger partial charge >= 0.3 is 0 Å². The fourth-order valence-electron chi connectivity index (χ4n) is 2.36. The van der Waals surface area contributed by atoms with Crippen molar-refractivity contribution in [1.29, 1.82) is 0 Å². The Hall–Kier alpha value is -1.88. The Morgan fingerprint density at radius 1 is 1.40 bits per heavy atom. The van der Waals surface area contributed by atoms with Crippen molar-refractivity contribution in [3.8, 4) is 0 Å². The van der Waals surface area contributed by atoms with E-state index < -0.39 is 0 Å². The summed E-state index contributed by atoms with van der Waals surface area (Å²) >= 11 is 0. The lowest BCUT2D eigenvalue weighted by Crippen LogP contribution is -2.28. The number of fused-ring (bicyclic) bond motifs is 1. The summed E-state index contributed by atoms with van der Waals surface area (Å²) < 4.78 is 2.04. The minimum absolute atomic E-state index is 0.0693. The van der Waals surface area contributed by atoms with E-state index in [0.717, 1.165) is 29.8 Å². The van der Waals surface area contributed by atoms with Crippen molar-refractivity contribution >= 4 is 16.9 Å². The third kappa shape index (κ3) is 3.17. The van der Waals surface area contributed by atoms with Crippen LogP contribution >= 0.6 is 0 Å². The Kier molecular flexibility index (Phi) is 4.74. The molecule has 1 aromatic heterocycles. The zero-order chi connectivity index (χ0) is 14.5. The van der Waals surface area contributed by atoms with Crippen molar-refractivity contribution in [3.05, 3.63) is 30.1 Å². The first-order valence-corrected chi connectivity index (χ1v) is 6.98. The summed E-state index contributed by atoms with van der Waals surface area (Å²) in [6.07, 6.45) is 1.38. The maximum absolute atomic E-state index is 11.9. The molecule has 0 saturated heterocycles. The molecule has 0 aliphatic heterocycles. The molecule has 2 aromatic rings. The van der Waals surface area contributed by atoms with Crippen LogP contribution < -0.4 is 10.6 Å². The summed E-state index contributed by atoms with van der Waals surface area (Å²) in [6, 6.07) is 7.90. The van der Waals surface area contributed by atoms with E-state index in [4.69, 9.17) is 0 Å². The van der Waals surface area contributed by atoms with Gasteiger partial charge in [0.1, 0.15) is 5.82 Å². The van der Waals surface area contributed by atoms with Crippen LogP contribution in [-0.2, 0) is 11.8 Å². The molecule has 2 rings (SSSR count). The molecule has 0 aliphatic carbocycles. The maximum atomic E-state index is 11.9. The molecule has 2 N–H and O–H groups in total. The number of rotatable bonds is 6. The Balaban J connectivity index is 2.05. The molecule has 0 radical (unpaired) electrons. The fraction of sp³-hybridized carbons (Fsp3) is 0.467. The van der Waals surface area contributed by atoms with Gasteiger partial charge in [0.2, 0.25) is 5.91 Å². The number of carbonyl (C=O) groups excluding carboxylic acids is 1. The number of aromatic nitrogens is 2. The minimum Gasteiger partial charge on any atom is -0.346 e. The average molecular weight is 274 g/mol. The summed E-state index contributed by atoms with van der Waals surface area (Å²) in [6.45, 7) is 2.82. The van der Waals surface area contributed by atoms with Crippen molar-refractivity contribution < 1.29 is 4.79 Å². The molecule has 0 aliphatic rings. The van der Waals surface area contributed by atoms with Gasteiger partial charge in [-0.2, -0.15) is 0 Å². The molecule has 1 amide bonds. The van der Waals surface area contributed by atoms with Crippen LogP contribution in [0.2, 0.25) is 0 Å². The average Bonchev–Trinajstić information content (AvgIpc) is 2.77. The Morgan fingerprint density at radius 2 is 2.15 bits per heavy atom. The number of benzene rings is 1. The van der Waals surface area contributed by atoms with Crippen molar-refractivity contribution in [3.63, 3.8) is 0 Å². The van der Waals surface area contributed by atoms with Gasteiger partial charge in [0.25, 0.3) is 0 Å². The Labute approximate surface area is 119 Å². The molecule has 1 heterocycles. The second-order valence-corrected chi connectivity index (χ2v) is 5.01. The van der Waals surface area contributed by atoms with Gasteiger partial charge in [0, 0.05) is 13.5 Å². The number of nitrogens with one attached hydrogen (secondary N) is 2. The lowest BCUT2D eigenvalue weighted by Gasteiger charge is -2.13. The predicted molar refractivity (Wildman–Crippen MR) is 80.4 cm³/mol. The highest BCUT2D eigenvalue weighted by Crippen LogP contribution is 2.19. The number of para-hydroxylation sites is 2. The van der Waals surface area contributed by atoms with E-state index in [0.29, 0.717) is 6.42 Å². The summed E-state index contributed by atoms with van der Waals surface area (Å²) in [4.78, 5) is 16.4. The summed E-state index contributed by atoms with van der Waals surface area (Å²) in [5.74, 6) is 0.952. The van der Waals surface area contributed by atoms with Crippen LogP contribution in [0, 0.1) is 0 Å². The van der Waals surface area contributed by atoms with Gasteiger partial charge in [-0.05, 0) is 39.1 Å². The van der Waals surface area contributed by atoms with Gasteiger partial charge in [0.15, 0.2) is 0 Å². The number of hydrogen-bond donors (Lipinski definition) is 2. The van der Waals surface area contributed by atoms with Crippen LogP contribution in [0.1, 0.15) is 31.6 Å². The summed E-state index contributed by atoms with van der Waals surface area (Å²) in [5.41, 5.74) is 2.04. The molecule has 0 saturated carbocycles. The van der Waals surface area contributed by atoms with E-state index in [1.165, 1.54) is 0 Å². The normalized spacial score (nSPS) is 12.6. The standard InChI is InChI=1S/C15H22N4O/c1-11(17-14(20)9-6-10-16-2)15-18-12-7-4-5-8-13(12)19(15)3/h4-5,7-8,11,16H,6,9-10H2,1-3H3,(H,17,20). The molecule has 108 valence electrons. The molecule has 5 nitrogen and oxygen atoms in total. The quantitative estimate of drug-likeness (QED) is 0.789. The maximum Gasteiger partial charge on any atom is 0.220 e. The molecule has 0 bridgehead atoms. The molecule has 1 atom stereocenters. The highest BCUT2D eigenvalue weighted by atomic mass is 16.1. The van der Waals surface area contributed by atoms with Crippen LogP contribution in [0.5, 0.6) is 0 Å². The van der Waals surface area contributed by atoms with Crippen LogP contribution in [0.4, 0.5) is 0 Å².